The first-order chi connectivity index (χ1) is 8.67. The van der Waals surface area contributed by atoms with E-state index >= 15 is 0 Å². The third-order valence-corrected chi connectivity index (χ3v) is 3.00. The third-order valence-electron chi connectivity index (χ3n) is 2.34. The molecule has 0 aliphatic heterocycles. The van der Waals surface area contributed by atoms with Crippen LogP contribution in [0.1, 0.15) is 12.5 Å². The molecule has 0 radical (unpaired) electrons. The van der Waals surface area contributed by atoms with Crippen molar-refractivity contribution in [1.82, 2.24) is 5.32 Å². The van der Waals surface area contributed by atoms with Crippen molar-refractivity contribution < 1.29 is 14.3 Å². The molecule has 0 spiro atoms. The van der Waals surface area contributed by atoms with Gasteiger partial charge in [-0.25, -0.2) is 4.79 Å². The number of rotatable bonds is 5. The van der Waals surface area contributed by atoms with Crippen LogP contribution >= 0.6 is 11.8 Å². The maximum atomic E-state index is 11.6. The summed E-state index contributed by atoms with van der Waals surface area (Å²) in [6.45, 7) is 1.88. The van der Waals surface area contributed by atoms with E-state index in [1.54, 1.807) is 0 Å². The second-order valence-corrected chi connectivity index (χ2v) is 4.87. The summed E-state index contributed by atoms with van der Waals surface area (Å²) in [5.74, 6) is 0.245. The Kier molecular flexibility index (Phi) is 6.28. The second-order valence-electron chi connectivity index (χ2n) is 3.63. The average Bonchev–Trinajstić information content (AvgIpc) is 2.38. The van der Waals surface area contributed by atoms with Gasteiger partial charge in [-0.05, 0) is 11.3 Å². The summed E-state index contributed by atoms with van der Waals surface area (Å²) in [5.41, 5.74) is 0.981. The summed E-state index contributed by atoms with van der Waals surface area (Å²) in [5, 5.41) is 2.46. The van der Waals surface area contributed by atoms with Crippen LogP contribution in [0.2, 0.25) is 0 Å². The van der Waals surface area contributed by atoms with Gasteiger partial charge in [-0.3, -0.25) is 4.79 Å². The Morgan fingerprint density at radius 1 is 1.33 bits per heavy atom. The first kappa shape index (κ1) is 14.6. The van der Waals surface area contributed by atoms with E-state index in [4.69, 9.17) is 4.74 Å². The predicted octanol–water partition coefficient (Wildman–Crippen LogP) is 2.23. The Labute approximate surface area is 111 Å². The SMILES string of the molecule is CCSC(=O)NC(Cc1ccccc1)C(=O)OC. The van der Waals surface area contributed by atoms with Gasteiger partial charge in [0.15, 0.2) is 0 Å². The first-order valence-electron chi connectivity index (χ1n) is 5.72. The molecule has 0 saturated carbocycles. The summed E-state index contributed by atoms with van der Waals surface area (Å²) in [4.78, 5) is 23.1. The zero-order valence-electron chi connectivity index (χ0n) is 10.5. The fourth-order valence-corrected chi connectivity index (χ4v) is 1.99. The van der Waals surface area contributed by atoms with Crippen LogP contribution in [0, 0.1) is 0 Å². The van der Waals surface area contributed by atoms with Gasteiger partial charge >= 0.3 is 5.97 Å². The number of amides is 1. The molecule has 5 heteroatoms. The zero-order chi connectivity index (χ0) is 13.4. The highest BCUT2D eigenvalue weighted by Crippen LogP contribution is 2.07. The van der Waals surface area contributed by atoms with Crippen molar-refractivity contribution in [3.8, 4) is 0 Å². The van der Waals surface area contributed by atoms with Crippen molar-refractivity contribution in [2.45, 2.75) is 19.4 Å². The van der Waals surface area contributed by atoms with Gasteiger partial charge in [0, 0.05) is 6.42 Å². The molecule has 4 nitrogen and oxygen atoms in total. The van der Waals surface area contributed by atoms with Gasteiger partial charge in [0.25, 0.3) is 5.24 Å². The molecule has 1 atom stereocenters. The van der Waals surface area contributed by atoms with Gasteiger partial charge in [0.2, 0.25) is 0 Å². The van der Waals surface area contributed by atoms with Crippen LogP contribution in [0.15, 0.2) is 30.3 Å². The number of ether oxygens (including phenoxy) is 1. The maximum Gasteiger partial charge on any atom is 0.328 e. The average molecular weight is 267 g/mol. The molecule has 0 aromatic heterocycles. The fourth-order valence-electron chi connectivity index (χ4n) is 1.50. The molecular formula is C13H17NO3S. The molecule has 0 saturated heterocycles. The van der Waals surface area contributed by atoms with Crippen molar-refractivity contribution in [3.05, 3.63) is 35.9 Å². The van der Waals surface area contributed by atoms with Gasteiger partial charge in [0.05, 0.1) is 7.11 Å². The Bertz CT molecular complexity index is 394. The van der Waals surface area contributed by atoms with Gasteiger partial charge in [-0.2, -0.15) is 0 Å². The van der Waals surface area contributed by atoms with E-state index in [9.17, 15) is 9.59 Å². The highest BCUT2D eigenvalue weighted by Gasteiger charge is 2.21. The quantitative estimate of drug-likeness (QED) is 0.831. The topological polar surface area (TPSA) is 55.4 Å². The molecule has 1 unspecified atom stereocenters. The third kappa shape index (κ3) is 4.79. The normalized spacial score (nSPS) is 11.7. The smallest absolute Gasteiger partial charge is 0.328 e. The van der Waals surface area contributed by atoms with E-state index in [-0.39, 0.29) is 5.24 Å². The molecule has 0 fully saturated rings. The van der Waals surface area contributed by atoms with Gasteiger partial charge in [0.1, 0.15) is 6.04 Å². The van der Waals surface area contributed by atoms with Crippen LogP contribution < -0.4 is 5.32 Å². The van der Waals surface area contributed by atoms with Crippen molar-refractivity contribution in [2.75, 3.05) is 12.9 Å². The van der Waals surface area contributed by atoms with E-state index in [2.05, 4.69) is 5.32 Å². The summed E-state index contributed by atoms with van der Waals surface area (Å²) in [6.07, 6.45) is 0.434. The Morgan fingerprint density at radius 2 is 2.00 bits per heavy atom. The van der Waals surface area contributed by atoms with E-state index < -0.39 is 12.0 Å². The number of thioether (sulfide) groups is 1. The number of nitrogens with one attached hydrogen (secondary N) is 1. The van der Waals surface area contributed by atoms with E-state index in [0.29, 0.717) is 12.2 Å². The van der Waals surface area contributed by atoms with E-state index in [1.807, 2.05) is 37.3 Å². The van der Waals surface area contributed by atoms with Crippen LogP contribution in [-0.2, 0) is 16.0 Å². The van der Waals surface area contributed by atoms with Crippen molar-refractivity contribution in [1.29, 1.82) is 0 Å². The van der Waals surface area contributed by atoms with Crippen molar-refractivity contribution in [2.24, 2.45) is 0 Å². The number of carbonyl (C=O) groups is 2. The molecule has 98 valence electrons. The second kappa shape index (κ2) is 7.76. The number of hydrogen-bond donors (Lipinski definition) is 1. The fraction of sp³-hybridized carbons (Fsp3) is 0.385. The van der Waals surface area contributed by atoms with Crippen molar-refractivity contribution >= 4 is 23.0 Å². The molecule has 1 amide bonds. The minimum Gasteiger partial charge on any atom is -0.467 e. The zero-order valence-corrected chi connectivity index (χ0v) is 11.3. The standard InChI is InChI=1S/C13H17NO3S/c1-3-18-13(16)14-11(12(15)17-2)9-10-7-5-4-6-8-10/h4-8,11H,3,9H2,1-2H3,(H,14,16). The van der Waals surface area contributed by atoms with Crippen LogP contribution in [-0.4, -0.2) is 30.1 Å². The van der Waals surface area contributed by atoms with Crippen LogP contribution in [0.4, 0.5) is 4.79 Å². The lowest BCUT2D eigenvalue weighted by atomic mass is 10.1. The minimum atomic E-state index is -0.635. The lowest BCUT2D eigenvalue weighted by Crippen LogP contribution is -2.41. The predicted molar refractivity (Wildman–Crippen MR) is 72.6 cm³/mol. The van der Waals surface area contributed by atoms with Gasteiger partial charge in [-0.15, -0.1) is 0 Å². The minimum absolute atomic E-state index is 0.205. The van der Waals surface area contributed by atoms with Crippen LogP contribution in [0.3, 0.4) is 0 Å². The highest BCUT2D eigenvalue weighted by atomic mass is 32.2. The molecule has 0 aliphatic carbocycles. The number of methoxy groups -OCH3 is 1. The number of hydrogen-bond acceptors (Lipinski definition) is 4. The number of esters is 1. The molecule has 1 N–H and O–H groups in total. The van der Waals surface area contributed by atoms with Gasteiger partial charge < -0.3 is 10.1 Å². The number of benzene rings is 1. The summed E-state index contributed by atoms with van der Waals surface area (Å²) in [6, 6.07) is 8.88. The largest absolute Gasteiger partial charge is 0.467 e. The molecule has 0 aliphatic rings. The number of carbonyl (C=O) groups excluding carboxylic acids is 2. The lowest BCUT2D eigenvalue weighted by Gasteiger charge is -2.16. The molecule has 1 aromatic carbocycles. The van der Waals surface area contributed by atoms with Crippen LogP contribution in [0.5, 0.6) is 0 Å². The molecule has 0 bridgehead atoms. The first-order valence-corrected chi connectivity index (χ1v) is 6.71. The maximum absolute atomic E-state index is 11.6. The van der Waals surface area contributed by atoms with Gasteiger partial charge in [-0.1, -0.05) is 49.0 Å². The highest BCUT2D eigenvalue weighted by molar-refractivity contribution is 8.13. The molecule has 1 aromatic rings. The van der Waals surface area contributed by atoms with E-state index in [1.165, 1.54) is 7.11 Å². The molecule has 18 heavy (non-hydrogen) atoms. The Morgan fingerprint density at radius 3 is 2.56 bits per heavy atom. The lowest BCUT2D eigenvalue weighted by molar-refractivity contribution is -0.142. The molecule has 0 heterocycles. The summed E-state index contributed by atoms with van der Waals surface area (Å²) in [7, 11) is 1.32. The van der Waals surface area contributed by atoms with E-state index in [0.717, 1.165) is 17.3 Å². The monoisotopic (exact) mass is 267 g/mol. The Balaban J connectivity index is 2.67. The van der Waals surface area contributed by atoms with Crippen molar-refractivity contribution in [3.63, 3.8) is 0 Å². The summed E-state index contributed by atoms with van der Waals surface area (Å²) >= 11 is 1.14. The molecular weight excluding hydrogens is 250 g/mol. The van der Waals surface area contributed by atoms with Crippen LogP contribution in [0.25, 0.3) is 0 Å². The Hall–Kier alpha value is -1.49. The molecule has 1 rings (SSSR count). The summed E-state index contributed by atoms with van der Waals surface area (Å²) < 4.78 is 4.70.